The number of thiophene rings is 1. The predicted molar refractivity (Wildman–Crippen MR) is 72.8 cm³/mol. The molecule has 0 saturated carbocycles. The number of nitrogens with zero attached hydrogens (tertiary/aromatic N) is 3. The Morgan fingerprint density at radius 1 is 1.12 bits per heavy atom. The molecule has 4 heteroatoms. The number of fused-ring (bicyclic) bond motifs is 1. The van der Waals surface area contributed by atoms with Gasteiger partial charge in [-0.3, -0.25) is 0 Å². The van der Waals surface area contributed by atoms with E-state index in [4.69, 9.17) is 0 Å². The summed E-state index contributed by atoms with van der Waals surface area (Å²) in [6, 6.07) is 2.15. The molecule has 1 aliphatic heterocycles. The Bertz CT molecular complexity index is 512. The topological polar surface area (TPSA) is 29.0 Å². The third-order valence-corrected chi connectivity index (χ3v) is 4.13. The third-order valence-electron chi connectivity index (χ3n) is 3.32. The van der Waals surface area contributed by atoms with Crippen molar-refractivity contribution in [2.75, 3.05) is 18.0 Å². The van der Waals surface area contributed by atoms with Crippen LogP contribution in [-0.4, -0.2) is 23.1 Å². The van der Waals surface area contributed by atoms with Gasteiger partial charge in [-0.2, -0.15) is 0 Å². The van der Waals surface area contributed by atoms with Crippen LogP contribution in [0.15, 0.2) is 11.4 Å². The molecule has 1 fully saturated rings. The fourth-order valence-corrected chi connectivity index (χ4v) is 3.27. The quantitative estimate of drug-likeness (QED) is 0.773. The number of rotatable bonds is 1. The third kappa shape index (κ3) is 2.14. The number of anilines is 1. The lowest BCUT2D eigenvalue weighted by Crippen LogP contribution is -2.25. The minimum Gasteiger partial charge on any atom is -0.356 e. The van der Waals surface area contributed by atoms with E-state index in [1.165, 1.54) is 31.1 Å². The van der Waals surface area contributed by atoms with Crippen molar-refractivity contribution in [2.45, 2.75) is 32.6 Å². The second-order valence-electron chi connectivity index (χ2n) is 4.64. The Morgan fingerprint density at radius 3 is 2.65 bits per heavy atom. The highest BCUT2D eigenvalue weighted by atomic mass is 32.1. The number of aryl methyl sites for hydroxylation is 1. The average molecular weight is 247 g/mol. The van der Waals surface area contributed by atoms with Crippen molar-refractivity contribution in [2.24, 2.45) is 0 Å². The maximum atomic E-state index is 4.66. The molecule has 0 bridgehead atoms. The van der Waals surface area contributed by atoms with Crippen LogP contribution in [0, 0.1) is 6.92 Å². The van der Waals surface area contributed by atoms with E-state index in [0.29, 0.717) is 0 Å². The molecular formula is C13H17N3S. The number of hydrogen-bond donors (Lipinski definition) is 0. The maximum absolute atomic E-state index is 4.66. The molecule has 0 spiro atoms. The van der Waals surface area contributed by atoms with Crippen LogP contribution in [0.5, 0.6) is 0 Å². The Balaban J connectivity index is 2.05. The molecule has 2 aromatic rings. The monoisotopic (exact) mass is 247 g/mol. The van der Waals surface area contributed by atoms with Crippen LogP contribution in [0.1, 0.15) is 31.5 Å². The summed E-state index contributed by atoms with van der Waals surface area (Å²) >= 11 is 1.71. The Kier molecular flexibility index (Phi) is 2.97. The lowest BCUT2D eigenvalue weighted by molar-refractivity contribution is 0.726. The summed E-state index contributed by atoms with van der Waals surface area (Å²) in [5, 5.41) is 3.34. The van der Waals surface area contributed by atoms with Crippen LogP contribution < -0.4 is 4.90 Å². The Morgan fingerprint density at radius 2 is 1.88 bits per heavy atom. The highest BCUT2D eigenvalue weighted by Gasteiger charge is 2.15. The zero-order valence-corrected chi connectivity index (χ0v) is 11.0. The van der Waals surface area contributed by atoms with E-state index >= 15 is 0 Å². The first-order valence-electron chi connectivity index (χ1n) is 6.31. The van der Waals surface area contributed by atoms with Gasteiger partial charge >= 0.3 is 0 Å². The van der Waals surface area contributed by atoms with Gasteiger partial charge in [0.25, 0.3) is 0 Å². The first kappa shape index (κ1) is 11.0. The fraction of sp³-hybridized carbons (Fsp3) is 0.538. The predicted octanol–water partition coefficient (Wildman–Crippen LogP) is 3.38. The lowest BCUT2D eigenvalue weighted by atomic mass is 10.2. The minimum atomic E-state index is 0.888. The molecule has 3 rings (SSSR count). The van der Waals surface area contributed by atoms with Gasteiger partial charge in [-0.05, 0) is 31.2 Å². The van der Waals surface area contributed by atoms with E-state index in [1.807, 2.05) is 6.92 Å². The van der Waals surface area contributed by atoms with Crippen LogP contribution in [-0.2, 0) is 0 Å². The molecule has 1 saturated heterocycles. The van der Waals surface area contributed by atoms with Crippen molar-refractivity contribution in [1.82, 2.24) is 9.97 Å². The molecule has 90 valence electrons. The van der Waals surface area contributed by atoms with Gasteiger partial charge in [0.1, 0.15) is 16.5 Å². The van der Waals surface area contributed by atoms with Crippen LogP contribution in [0.4, 0.5) is 5.82 Å². The van der Waals surface area contributed by atoms with Gasteiger partial charge in [-0.15, -0.1) is 11.3 Å². The first-order chi connectivity index (χ1) is 8.34. The average Bonchev–Trinajstić information content (AvgIpc) is 2.62. The van der Waals surface area contributed by atoms with Crippen molar-refractivity contribution in [3.8, 4) is 0 Å². The van der Waals surface area contributed by atoms with E-state index in [2.05, 4.69) is 26.3 Å². The summed E-state index contributed by atoms with van der Waals surface area (Å²) in [6.07, 6.45) is 5.28. The molecule has 17 heavy (non-hydrogen) atoms. The van der Waals surface area contributed by atoms with Gasteiger partial charge in [-0.1, -0.05) is 12.8 Å². The summed E-state index contributed by atoms with van der Waals surface area (Å²) in [4.78, 5) is 12.7. The molecule has 2 aromatic heterocycles. The number of aromatic nitrogens is 2. The zero-order valence-electron chi connectivity index (χ0n) is 10.1. The number of hydrogen-bond acceptors (Lipinski definition) is 4. The summed E-state index contributed by atoms with van der Waals surface area (Å²) in [5.41, 5.74) is 0. The van der Waals surface area contributed by atoms with Gasteiger partial charge in [0.05, 0.1) is 5.39 Å². The van der Waals surface area contributed by atoms with E-state index in [-0.39, 0.29) is 0 Å². The molecule has 0 aromatic carbocycles. The molecule has 0 amide bonds. The fourth-order valence-electron chi connectivity index (χ4n) is 2.47. The van der Waals surface area contributed by atoms with Crippen molar-refractivity contribution < 1.29 is 0 Å². The molecule has 1 aliphatic rings. The Hall–Kier alpha value is -1.16. The normalized spacial score (nSPS) is 17.4. The largest absolute Gasteiger partial charge is 0.356 e. The van der Waals surface area contributed by atoms with Crippen LogP contribution >= 0.6 is 11.3 Å². The lowest BCUT2D eigenvalue weighted by Gasteiger charge is -2.22. The summed E-state index contributed by atoms with van der Waals surface area (Å²) in [7, 11) is 0. The second kappa shape index (κ2) is 4.61. The van der Waals surface area contributed by atoms with Crippen LogP contribution in [0.2, 0.25) is 0 Å². The molecule has 0 atom stereocenters. The van der Waals surface area contributed by atoms with E-state index in [1.54, 1.807) is 11.3 Å². The SMILES string of the molecule is Cc1nc(N2CCCCCC2)c2ccsc2n1. The Labute approximate surface area is 106 Å². The van der Waals surface area contributed by atoms with Crippen molar-refractivity contribution in [1.29, 1.82) is 0 Å². The summed E-state index contributed by atoms with van der Waals surface area (Å²) in [6.45, 7) is 4.27. The van der Waals surface area contributed by atoms with Gasteiger partial charge in [0.2, 0.25) is 0 Å². The molecule has 3 heterocycles. The minimum absolute atomic E-state index is 0.888. The molecule has 0 unspecified atom stereocenters. The molecule has 0 aliphatic carbocycles. The first-order valence-corrected chi connectivity index (χ1v) is 7.19. The van der Waals surface area contributed by atoms with Crippen LogP contribution in [0.3, 0.4) is 0 Å². The summed E-state index contributed by atoms with van der Waals surface area (Å²) < 4.78 is 0. The van der Waals surface area contributed by atoms with Gasteiger partial charge < -0.3 is 4.90 Å². The van der Waals surface area contributed by atoms with Gasteiger partial charge in [0, 0.05) is 13.1 Å². The van der Waals surface area contributed by atoms with Crippen molar-refractivity contribution in [3.05, 3.63) is 17.3 Å². The van der Waals surface area contributed by atoms with E-state index in [0.717, 1.165) is 29.6 Å². The van der Waals surface area contributed by atoms with E-state index < -0.39 is 0 Å². The highest BCUT2D eigenvalue weighted by molar-refractivity contribution is 7.16. The maximum Gasteiger partial charge on any atom is 0.141 e. The standard InChI is InChI=1S/C13H17N3S/c1-10-14-12(11-6-9-17-13(11)15-10)16-7-4-2-3-5-8-16/h6,9H,2-5,7-8H2,1H3. The molecule has 0 N–H and O–H groups in total. The van der Waals surface area contributed by atoms with Crippen molar-refractivity contribution in [3.63, 3.8) is 0 Å². The summed E-state index contributed by atoms with van der Waals surface area (Å²) in [5.74, 6) is 2.04. The van der Waals surface area contributed by atoms with Crippen molar-refractivity contribution >= 4 is 27.4 Å². The second-order valence-corrected chi connectivity index (χ2v) is 5.53. The zero-order chi connectivity index (χ0) is 11.7. The molecule has 3 nitrogen and oxygen atoms in total. The van der Waals surface area contributed by atoms with Crippen LogP contribution in [0.25, 0.3) is 10.2 Å². The van der Waals surface area contributed by atoms with Gasteiger partial charge in [0.15, 0.2) is 0 Å². The highest BCUT2D eigenvalue weighted by Crippen LogP contribution is 2.29. The smallest absolute Gasteiger partial charge is 0.141 e. The molecular weight excluding hydrogens is 230 g/mol. The van der Waals surface area contributed by atoms with Gasteiger partial charge in [-0.25, -0.2) is 9.97 Å². The molecule has 0 radical (unpaired) electrons. The van der Waals surface area contributed by atoms with E-state index in [9.17, 15) is 0 Å².